The second-order valence-electron chi connectivity index (χ2n) is 6.70. The molecule has 0 aliphatic carbocycles. The predicted molar refractivity (Wildman–Crippen MR) is 76.7 cm³/mol. The van der Waals surface area contributed by atoms with Gasteiger partial charge in [-0.1, -0.05) is 0 Å². The molecule has 1 N–H and O–H groups in total. The lowest BCUT2D eigenvalue weighted by Gasteiger charge is -2.43. The van der Waals surface area contributed by atoms with Crippen molar-refractivity contribution in [2.24, 2.45) is 11.8 Å². The van der Waals surface area contributed by atoms with Crippen LogP contribution in [0.15, 0.2) is 0 Å². The van der Waals surface area contributed by atoms with Gasteiger partial charge in [0, 0.05) is 32.2 Å². The highest BCUT2D eigenvalue weighted by Crippen LogP contribution is 2.38. The quantitative estimate of drug-likeness (QED) is 0.858. The summed E-state index contributed by atoms with van der Waals surface area (Å²) in [6.45, 7) is 4.48. The van der Waals surface area contributed by atoms with Crippen molar-refractivity contribution in [1.29, 1.82) is 0 Å². The Morgan fingerprint density at radius 1 is 1.10 bits per heavy atom. The van der Waals surface area contributed by atoms with Gasteiger partial charge in [0.2, 0.25) is 0 Å². The SMILES string of the molecule is O=C(CC1CCNCC1)C1CCOC2(CCOCC2)C1. The van der Waals surface area contributed by atoms with E-state index < -0.39 is 0 Å². The van der Waals surface area contributed by atoms with Gasteiger partial charge in [-0.15, -0.1) is 0 Å². The van der Waals surface area contributed by atoms with E-state index in [9.17, 15) is 4.79 Å². The van der Waals surface area contributed by atoms with Crippen LogP contribution in [0.1, 0.15) is 44.9 Å². The van der Waals surface area contributed by atoms with Crippen LogP contribution in [0.4, 0.5) is 0 Å². The first-order chi connectivity index (χ1) is 9.77. The van der Waals surface area contributed by atoms with Crippen molar-refractivity contribution >= 4 is 5.78 Å². The maximum atomic E-state index is 12.6. The first kappa shape index (κ1) is 14.5. The molecule has 1 atom stereocenters. The summed E-state index contributed by atoms with van der Waals surface area (Å²) in [5, 5.41) is 3.37. The fourth-order valence-corrected chi connectivity index (χ4v) is 3.93. The van der Waals surface area contributed by atoms with E-state index in [1.165, 1.54) is 0 Å². The number of Topliss-reactive ketones (excluding diaryl/α,β-unsaturated/α-hetero) is 1. The van der Waals surface area contributed by atoms with Crippen molar-refractivity contribution in [2.75, 3.05) is 32.9 Å². The predicted octanol–water partition coefficient (Wildman–Crippen LogP) is 1.92. The molecule has 1 unspecified atom stereocenters. The van der Waals surface area contributed by atoms with E-state index in [0.29, 0.717) is 11.7 Å². The van der Waals surface area contributed by atoms with Crippen LogP contribution in [0, 0.1) is 11.8 Å². The Labute approximate surface area is 121 Å². The largest absolute Gasteiger partial charge is 0.381 e. The van der Waals surface area contributed by atoms with Crippen LogP contribution in [0.5, 0.6) is 0 Å². The lowest BCUT2D eigenvalue weighted by molar-refractivity contribution is -0.157. The van der Waals surface area contributed by atoms with Gasteiger partial charge in [0.1, 0.15) is 5.78 Å². The molecule has 20 heavy (non-hydrogen) atoms. The minimum absolute atomic E-state index is 0.0506. The number of hydrogen-bond acceptors (Lipinski definition) is 4. The molecule has 3 aliphatic rings. The number of ether oxygens (including phenoxy) is 2. The number of carbonyl (C=O) groups excluding carboxylic acids is 1. The normalized spacial score (nSPS) is 31.3. The van der Waals surface area contributed by atoms with Gasteiger partial charge in [0.15, 0.2) is 0 Å². The summed E-state index contributed by atoms with van der Waals surface area (Å²) in [6.07, 6.45) is 6.89. The Kier molecular flexibility index (Phi) is 4.74. The van der Waals surface area contributed by atoms with E-state index in [0.717, 1.165) is 77.9 Å². The fourth-order valence-electron chi connectivity index (χ4n) is 3.93. The number of ketones is 1. The van der Waals surface area contributed by atoms with Crippen molar-refractivity contribution in [1.82, 2.24) is 5.32 Å². The number of hydrogen-bond donors (Lipinski definition) is 1. The van der Waals surface area contributed by atoms with Gasteiger partial charge in [-0.3, -0.25) is 4.79 Å². The topological polar surface area (TPSA) is 47.6 Å². The molecule has 1 spiro atoms. The molecule has 0 radical (unpaired) electrons. The van der Waals surface area contributed by atoms with Crippen LogP contribution >= 0.6 is 0 Å². The van der Waals surface area contributed by atoms with Crippen molar-refractivity contribution in [3.63, 3.8) is 0 Å². The third-order valence-electron chi connectivity index (χ3n) is 5.30. The molecule has 0 saturated carbocycles. The van der Waals surface area contributed by atoms with Crippen LogP contribution < -0.4 is 5.32 Å². The highest BCUT2D eigenvalue weighted by Gasteiger charge is 2.41. The van der Waals surface area contributed by atoms with Crippen LogP contribution in [0.2, 0.25) is 0 Å². The third-order valence-corrected chi connectivity index (χ3v) is 5.30. The average molecular weight is 281 g/mol. The first-order valence-corrected chi connectivity index (χ1v) is 8.23. The van der Waals surface area contributed by atoms with E-state index in [-0.39, 0.29) is 11.5 Å². The smallest absolute Gasteiger partial charge is 0.136 e. The zero-order valence-electron chi connectivity index (χ0n) is 12.4. The van der Waals surface area contributed by atoms with Gasteiger partial charge in [-0.25, -0.2) is 0 Å². The maximum absolute atomic E-state index is 12.6. The highest BCUT2D eigenvalue weighted by molar-refractivity contribution is 5.81. The highest BCUT2D eigenvalue weighted by atomic mass is 16.5. The third kappa shape index (κ3) is 3.41. The van der Waals surface area contributed by atoms with E-state index in [1.54, 1.807) is 0 Å². The molecule has 3 heterocycles. The zero-order valence-corrected chi connectivity index (χ0v) is 12.4. The van der Waals surface area contributed by atoms with E-state index in [4.69, 9.17) is 9.47 Å². The van der Waals surface area contributed by atoms with E-state index in [1.807, 2.05) is 0 Å². The molecular formula is C16H27NO3. The molecule has 0 aromatic rings. The maximum Gasteiger partial charge on any atom is 0.136 e. The van der Waals surface area contributed by atoms with Crippen LogP contribution in [0.3, 0.4) is 0 Å². The molecule has 0 amide bonds. The van der Waals surface area contributed by atoms with Gasteiger partial charge in [0.25, 0.3) is 0 Å². The average Bonchev–Trinajstić information content (AvgIpc) is 2.49. The molecule has 3 fully saturated rings. The minimum Gasteiger partial charge on any atom is -0.381 e. The van der Waals surface area contributed by atoms with Crippen molar-refractivity contribution in [3.05, 3.63) is 0 Å². The number of piperidine rings is 1. The number of rotatable bonds is 3. The molecule has 3 saturated heterocycles. The Bertz CT molecular complexity index is 327. The summed E-state index contributed by atoms with van der Waals surface area (Å²) in [4.78, 5) is 12.6. The van der Waals surface area contributed by atoms with Gasteiger partial charge in [-0.05, 0) is 57.5 Å². The first-order valence-electron chi connectivity index (χ1n) is 8.23. The Balaban J connectivity index is 1.54. The Morgan fingerprint density at radius 2 is 1.85 bits per heavy atom. The van der Waals surface area contributed by atoms with E-state index >= 15 is 0 Å². The summed E-state index contributed by atoms with van der Waals surface area (Å²) < 4.78 is 11.5. The lowest BCUT2D eigenvalue weighted by atomic mass is 9.77. The fraction of sp³-hybridized carbons (Fsp3) is 0.938. The second kappa shape index (κ2) is 6.54. The Morgan fingerprint density at radius 3 is 2.60 bits per heavy atom. The molecule has 3 rings (SSSR count). The molecule has 4 nitrogen and oxygen atoms in total. The van der Waals surface area contributed by atoms with Crippen LogP contribution in [0.25, 0.3) is 0 Å². The Hall–Kier alpha value is -0.450. The molecule has 4 heteroatoms. The van der Waals surface area contributed by atoms with Gasteiger partial charge in [0.05, 0.1) is 5.60 Å². The molecule has 0 aromatic heterocycles. The lowest BCUT2D eigenvalue weighted by Crippen LogP contribution is -2.46. The standard InChI is InChI=1S/C16H27NO3/c18-15(11-13-1-6-17-7-2-13)14-3-8-20-16(12-14)4-9-19-10-5-16/h13-14,17H,1-12H2. The molecule has 3 aliphatic heterocycles. The summed E-state index contributed by atoms with van der Waals surface area (Å²) in [6, 6.07) is 0. The summed E-state index contributed by atoms with van der Waals surface area (Å²) in [5.41, 5.74) is -0.0506. The van der Waals surface area contributed by atoms with Crippen molar-refractivity contribution in [2.45, 2.75) is 50.5 Å². The second-order valence-corrected chi connectivity index (χ2v) is 6.70. The molecule has 114 valence electrons. The molecule has 0 aromatic carbocycles. The summed E-state index contributed by atoms with van der Waals surface area (Å²) in [5.74, 6) is 1.33. The number of carbonyl (C=O) groups is 1. The number of nitrogens with one attached hydrogen (secondary N) is 1. The monoisotopic (exact) mass is 281 g/mol. The molecule has 0 bridgehead atoms. The summed E-state index contributed by atoms with van der Waals surface area (Å²) >= 11 is 0. The van der Waals surface area contributed by atoms with Crippen molar-refractivity contribution in [3.8, 4) is 0 Å². The zero-order chi connectivity index (χ0) is 13.8. The minimum atomic E-state index is -0.0506. The van der Waals surface area contributed by atoms with Gasteiger partial charge >= 0.3 is 0 Å². The molecular weight excluding hydrogens is 254 g/mol. The van der Waals surface area contributed by atoms with Gasteiger partial charge in [-0.2, -0.15) is 0 Å². The van der Waals surface area contributed by atoms with E-state index in [2.05, 4.69) is 5.32 Å². The van der Waals surface area contributed by atoms with Gasteiger partial charge < -0.3 is 14.8 Å². The van der Waals surface area contributed by atoms with Crippen LogP contribution in [-0.4, -0.2) is 44.3 Å². The van der Waals surface area contributed by atoms with Crippen LogP contribution in [-0.2, 0) is 14.3 Å². The summed E-state index contributed by atoms with van der Waals surface area (Å²) in [7, 11) is 0. The van der Waals surface area contributed by atoms with Crippen molar-refractivity contribution < 1.29 is 14.3 Å².